The van der Waals surface area contributed by atoms with Crippen molar-refractivity contribution in [2.45, 2.75) is 35.8 Å². The molecule has 17 heteroatoms. The maximum Gasteiger partial charge on any atom is 1.00 e. The van der Waals surface area contributed by atoms with Crippen LogP contribution in [0.4, 0.5) is 0 Å². The van der Waals surface area contributed by atoms with E-state index >= 15 is 0 Å². The van der Waals surface area contributed by atoms with Crippen molar-refractivity contribution in [3.8, 4) is 40.6 Å². The smallest absolute Gasteiger partial charge is 0.870 e. The molecule has 4 rings (SSSR count). The first-order valence-corrected chi connectivity index (χ1v) is 19.0. The molecule has 0 saturated heterocycles. The molecule has 4 aromatic rings. The van der Waals surface area contributed by atoms with Gasteiger partial charge in [-0.05, 0) is 86.6 Å². The summed E-state index contributed by atoms with van der Waals surface area (Å²) in [5.41, 5.74) is 0.403. The Hall–Kier alpha value is -4.18. The molecular formula is C36H40NNaO13S2. The van der Waals surface area contributed by atoms with Crippen molar-refractivity contribution in [1.29, 1.82) is 5.26 Å². The van der Waals surface area contributed by atoms with E-state index in [1.807, 2.05) is 6.92 Å². The number of hydrogen-bond donors (Lipinski definition) is 1. The standard InChI is InChI=1S/C18H19NO5S.C18H20O7S.Na.H2O/c1-13(12-22-2)23-16-8-14(11-19)9-17(10-16)24-15-4-6-18(7-5-15)25(3,20)21;1-12(11-23-2)24-15-8-13(18(19)20)9-16(10-15)25-14-4-6-17(7-5-14)26(3,21)22;;/h4-10,13H,12H2,1-3H3;4-10,12H,11H2,1-3H3,(H,19,20);;1H2/q;;+1;/p-1/t13-;12-;;/m00../s1. The van der Waals surface area contributed by atoms with Crippen LogP contribution in [0.15, 0.2) is 94.7 Å². The zero-order valence-corrected chi connectivity index (χ0v) is 33.9. The molecule has 0 heterocycles. The minimum atomic E-state index is -3.30. The van der Waals surface area contributed by atoms with Gasteiger partial charge in [-0.2, -0.15) is 5.26 Å². The summed E-state index contributed by atoms with van der Waals surface area (Å²) in [5, 5.41) is 18.4. The maximum atomic E-state index is 11.5. The van der Waals surface area contributed by atoms with E-state index in [9.17, 15) is 26.7 Å². The van der Waals surface area contributed by atoms with Gasteiger partial charge < -0.3 is 39.0 Å². The van der Waals surface area contributed by atoms with Crippen LogP contribution in [0, 0.1) is 11.3 Å². The first-order valence-electron chi connectivity index (χ1n) is 15.2. The van der Waals surface area contributed by atoms with Gasteiger partial charge in [0, 0.05) is 38.9 Å². The third-order valence-corrected chi connectivity index (χ3v) is 8.85. The summed E-state index contributed by atoms with van der Waals surface area (Å²) in [6.45, 7) is 4.41. The molecule has 0 fully saturated rings. The van der Waals surface area contributed by atoms with E-state index in [0.717, 1.165) is 12.5 Å². The molecule has 0 aromatic heterocycles. The number of methoxy groups -OCH3 is 2. The van der Waals surface area contributed by atoms with Gasteiger partial charge in [-0.25, -0.2) is 21.6 Å². The number of nitriles is 1. The minimum absolute atomic E-state index is 0. The van der Waals surface area contributed by atoms with Crippen LogP contribution < -0.4 is 48.5 Å². The van der Waals surface area contributed by atoms with Gasteiger partial charge >= 0.3 is 35.5 Å². The third-order valence-electron chi connectivity index (χ3n) is 6.59. The van der Waals surface area contributed by atoms with Crippen LogP contribution >= 0.6 is 0 Å². The van der Waals surface area contributed by atoms with Gasteiger partial charge in [-0.3, -0.25) is 0 Å². The summed E-state index contributed by atoms with van der Waals surface area (Å²) < 4.78 is 78.7. The number of benzene rings is 4. The molecule has 0 aliphatic heterocycles. The van der Waals surface area contributed by atoms with E-state index in [1.54, 1.807) is 57.5 Å². The molecule has 2 N–H and O–H groups in total. The number of nitrogens with zero attached hydrogens (tertiary/aromatic N) is 1. The third kappa shape index (κ3) is 15.8. The van der Waals surface area contributed by atoms with Crippen LogP contribution in [0.3, 0.4) is 0 Å². The minimum Gasteiger partial charge on any atom is -0.870 e. The molecular weight excluding hydrogens is 742 g/mol. The van der Waals surface area contributed by atoms with E-state index in [0.29, 0.717) is 47.5 Å². The van der Waals surface area contributed by atoms with E-state index < -0.39 is 25.6 Å². The number of carboxylic acid groups (broad SMARTS) is 1. The topological polar surface area (TPSA) is 215 Å². The fourth-order valence-electron chi connectivity index (χ4n) is 4.37. The van der Waals surface area contributed by atoms with Crippen molar-refractivity contribution in [3.05, 3.63) is 96.1 Å². The number of hydrogen-bond acceptors (Lipinski definition) is 13. The second-order valence-electron chi connectivity index (χ2n) is 11.3. The summed E-state index contributed by atoms with van der Waals surface area (Å²) in [6.07, 6.45) is 1.81. The van der Waals surface area contributed by atoms with Gasteiger partial charge in [0.15, 0.2) is 19.7 Å². The molecule has 0 radical (unpaired) electrons. The number of carbonyl (C=O) groups is 1. The van der Waals surface area contributed by atoms with Crippen molar-refractivity contribution >= 4 is 25.6 Å². The molecule has 0 saturated carbocycles. The number of ether oxygens (including phenoxy) is 6. The Morgan fingerprint density at radius 2 is 1.02 bits per heavy atom. The van der Waals surface area contributed by atoms with E-state index in [2.05, 4.69) is 6.07 Å². The number of carboxylic acids is 1. The van der Waals surface area contributed by atoms with Crippen molar-refractivity contribution in [2.24, 2.45) is 0 Å². The van der Waals surface area contributed by atoms with Crippen LogP contribution in [0.25, 0.3) is 0 Å². The normalized spacial score (nSPS) is 11.9. The SMILES string of the molecule is COC[C@H](C)Oc1cc(C#N)cc(Oc2ccc(S(C)(=O)=O)cc2)c1.COC[C@H](C)Oc1cc(Oc2ccc(S(C)(=O)=O)cc2)cc(C(=O)O)c1.[Na+].[OH-]. The van der Waals surface area contributed by atoms with Crippen LogP contribution in [0.2, 0.25) is 0 Å². The van der Waals surface area contributed by atoms with E-state index in [1.165, 1.54) is 48.5 Å². The van der Waals surface area contributed by atoms with Crippen LogP contribution in [0.5, 0.6) is 34.5 Å². The molecule has 280 valence electrons. The second-order valence-corrected chi connectivity index (χ2v) is 15.3. The molecule has 2 atom stereocenters. The van der Waals surface area contributed by atoms with E-state index in [-0.39, 0.29) is 68.3 Å². The Bertz CT molecular complexity index is 2050. The average Bonchev–Trinajstić information content (AvgIpc) is 3.04. The summed E-state index contributed by atoms with van der Waals surface area (Å²) in [4.78, 5) is 11.7. The Morgan fingerprint density at radius 1 is 0.660 bits per heavy atom. The van der Waals surface area contributed by atoms with E-state index in [4.69, 9.17) is 33.7 Å². The quantitative estimate of drug-likeness (QED) is 0.172. The van der Waals surface area contributed by atoms with Crippen molar-refractivity contribution in [2.75, 3.05) is 39.9 Å². The first-order chi connectivity index (χ1) is 24.0. The van der Waals surface area contributed by atoms with Gasteiger partial charge in [0.25, 0.3) is 0 Å². The summed E-state index contributed by atoms with van der Waals surface area (Å²) in [5.74, 6) is 1.22. The number of aromatic carboxylic acids is 1. The number of sulfone groups is 2. The number of rotatable bonds is 15. The first kappa shape index (κ1) is 46.8. The largest absolute Gasteiger partial charge is 1.00 e. The molecule has 53 heavy (non-hydrogen) atoms. The van der Waals surface area contributed by atoms with Gasteiger partial charge in [-0.1, -0.05) is 0 Å². The summed E-state index contributed by atoms with van der Waals surface area (Å²) in [6, 6.07) is 23.1. The molecule has 0 aliphatic carbocycles. The van der Waals surface area contributed by atoms with Gasteiger partial charge in [0.1, 0.15) is 46.7 Å². The Balaban J connectivity index is 0.000000511. The zero-order valence-electron chi connectivity index (χ0n) is 30.3. The summed E-state index contributed by atoms with van der Waals surface area (Å²) in [7, 11) is -3.43. The molecule has 0 spiro atoms. The van der Waals surface area contributed by atoms with Crippen molar-refractivity contribution in [3.63, 3.8) is 0 Å². The average molecular weight is 782 g/mol. The molecule has 0 amide bonds. The molecule has 0 aliphatic rings. The molecule has 0 unspecified atom stereocenters. The van der Waals surface area contributed by atoms with Crippen LogP contribution in [0.1, 0.15) is 29.8 Å². The maximum absolute atomic E-state index is 11.5. The molecule has 0 bridgehead atoms. The van der Waals surface area contributed by atoms with Gasteiger partial charge in [-0.15, -0.1) is 0 Å². The Kier molecular flexibility index (Phi) is 19.0. The van der Waals surface area contributed by atoms with Gasteiger partial charge in [0.2, 0.25) is 0 Å². The van der Waals surface area contributed by atoms with Crippen LogP contribution in [-0.4, -0.2) is 85.5 Å². The molecule has 14 nitrogen and oxygen atoms in total. The van der Waals surface area contributed by atoms with Crippen LogP contribution in [-0.2, 0) is 29.1 Å². The predicted octanol–water partition coefficient (Wildman–Crippen LogP) is 2.99. The zero-order chi connectivity index (χ0) is 37.8. The monoisotopic (exact) mass is 781 g/mol. The second kappa shape index (κ2) is 21.5. The Labute approximate surface area is 331 Å². The van der Waals surface area contributed by atoms with Crippen molar-refractivity contribution < 1.29 is 90.2 Å². The van der Waals surface area contributed by atoms with Gasteiger partial charge in [0.05, 0.1) is 40.2 Å². The molecule has 4 aromatic carbocycles. The fourth-order valence-corrected chi connectivity index (χ4v) is 5.63. The summed E-state index contributed by atoms with van der Waals surface area (Å²) >= 11 is 0. The Morgan fingerprint density at radius 3 is 1.38 bits per heavy atom. The predicted molar refractivity (Wildman–Crippen MR) is 190 cm³/mol. The van der Waals surface area contributed by atoms with Crippen molar-refractivity contribution in [1.82, 2.24) is 0 Å². The fraction of sp³-hybridized carbons (Fsp3) is 0.278.